The molecule has 0 aromatic heterocycles. The van der Waals surface area contributed by atoms with Gasteiger partial charge in [-0.1, -0.05) is 20.8 Å². The minimum Gasteiger partial charge on any atom is -0.344 e. The lowest BCUT2D eigenvalue weighted by atomic mass is 9.69. The first-order valence-corrected chi connectivity index (χ1v) is 5.98. The predicted molar refractivity (Wildman–Crippen MR) is 63.6 cm³/mol. The second-order valence-electron chi connectivity index (χ2n) is 6.08. The highest BCUT2D eigenvalue weighted by molar-refractivity contribution is 5.86. The van der Waals surface area contributed by atoms with Crippen LogP contribution in [0.2, 0.25) is 0 Å². The zero-order valence-corrected chi connectivity index (χ0v) is 10.8. The summed E-state index contributed by atoms with van der Waals surface area (Å²) in [6, 6.07) is 2.20. The van der Waals surface area contributed by atoms with Crippen molar-refractivity contribution in [1.29, 1.82) is 5.26 Å². The van der Waals surface area contributed by atoms with Crippen LogP contribution >= 0.6 is 0 Å². The fourth-order valence-corrected chi connectivity index (χ4v) is 1.87. The monoisotopic (exact) mass is 222 g/mol. The molecule has 1 rings (SSSR count). The normalized spacial score (nSPS) is 18.4. The Hall–Kier alpha value is -1.04. The van der Waals surface area contributed by atoms with Crippen LogP contribution in [0.1, 0.15) is 46.5 Å². The van der Waals surface area contributed by atoms with Crippen LogP contribution in [0.15, 0.2) is 0 Å². The van der Waals surface area contributed by atoms with Gasteiger partial charge in [-0.25, -0.2) is 0 Å². The van der Waals surface area contributed by atoms with Gasteiger partial charge in [0.2, 0.25) is 5.91 Å². The second kappa shape index (κ2) is 4.45. The van der Waals surface area contributed by atoms with Gasteiger partial charge in [-0.2, -0.15) is 5.26 Å². The molecule has 0 N–H and O–H groups in total. The van der Waals surface area contributed by atoms with Crippen LogP contribution in [0.4, 0.5) is 0 Å². The molecule has 0 aromatic carbocycles. The van der Waals surface area contributed by atoms with Gasteiger partial charge in [0.25, 0.3) is 0 Å². The van der Waals surface area contributed by atoms with E-state index in [4.69, 9.17) is 5.26 Å². The number of carbonyl (C=O) groups is 1. The molecule has 0 atom stereocenters. The Morgan fingerprint density at radius 1 is 1.44 bits per heavy atom. The summed E-state index contributed by atoms with van der Waals surface area (Å²) in [5.41, 5.74) is -0.458. The maximum atomic E-state index is 12.1. The van der Waals surface area contributed by atoms with Crippen LogP contribution in [-0.2, 0) is 4.79 Å². The number of amides is 1. The molecule has 0 saturated heterocycles. The van der Waals surface area contributed by atoms with Crippen molar-refractivity contribution in [3.8, 4) is 6.07 Å². The molecule has 0 bridgehead atoms. The molecular formula is C13H22N2O. The lowest BCUT2D eigenvalue weighted by molar-refractivity contribution is -0.141. The third kappa shape index (κ3) is 2.75. The summed E-state index contributed by atoms with van der Waals surface area (Å²) in [7, 11) is 1.81. The van der Waals surface area contributed by atoms with E-state index in [-0.39, 0.29) is 11.3 Å². The molecule has 1 aliphatic carbocycles. The molecule has 1 amide bonds. The number of rotatable bonds is 3. The standard InChI is InChI=1S/C13H22N2O/c1-12(2,3)8-9-15(4)11(16)13(10-14)6-5-7-13/h5-9H2,1-4H3. The highest BCUT2D eigenvalue weighted by atomic mass is 16.2. The molecular weight excluding hydrogens is 200 g/mol. The Bertz CT molecular complexity index is 305. The van der Waals surface area contributed by atoms with Gasteiger partial charge in [-0.15, -0.1) is 0 Å². The predicted octanol–water partition coefficient (Wildman–Crippen LogP) is 2.57. The molecule has 90 valence electrons. The average Bonchev–Trinajstić information content (AvgIpc) is 2.12. The van der Waals surface area contributed by atoms with Crippen molar-refractivity contribution in [3.05, 3.63) is 0 Å². The van der Waals surface area contributed by atoms with Crippen molar-refractivity contribution < 1.29 is 4.79 Å². The first kappa shape index (κ1) is 13.0. The van der Waals surface area contributed by atoms with Gasteiger partial charge in [0, 0.05) is 13.6 Å². The van der Waals surface area contributed by atoms with Crippen molar-refractivity contribution in [1.82, 2.24) is 4.90 Å². The zero-order valence-electron chi connectivity index (χ0n) is 10.8. The van der Waals surface area contributed by atoms with Crippen LogP contribution in [0.25, 0.3) is 0 Å². The molecule has 16 heavy (non-hydrogen) atoms. The largest absolute Gasteiger partial charge is 0.344 e. The van der Waals surface area contributed by atoms with Crippen LogP contribution in [0, 0.1) is 22.2 Å². The highest BCUT2D eigenvalue weighted by Gasteiger charge is 2.46. The summed E-state index contributed by atoms with van der Waals surface area (Å²) in [6.45, 7) is 7.23. The van der Waals surface area contributed by atoms with E-state index in [9.17, 15) is 4.79 Å². The molecule has 3 heteroatoms. The summed E-state index contributed by atoms with van der Waals surface area (Å²) >= 11 is 0. The Morgan fingerprint density at radius 2 is 2.00 bits per heavy atom. The second-order valence-corrected chi connectivity index (χ2v) is 6.08. The van der Waals surface area contributed by atoms with Crippen molar-refractivity contribution in [3.63, 3.8) is 0 Å². The maximum Gasteiger partial charge on any atom is 0.242 e. The van der Waals surface area contributed by atoms with Gasteiger partial charge in [0.05, 0.1) is 6.07 Å². The van der Waals surface area contributed by atoms with Crippen molar-refractivity contribution in [2.75, 3.05) is 13.6 Å². The van der Waals surface area contributed by atoms with Gasteiger partial charge in [-0.3, -0.25) is 4.79 Å². The first-order chi connectivity index (χ1) is 7.31. The smallest absolute Gasteiger partial charge is 0.242 e. The van der Waals surface area contributed by atoms with E-state index in [0.29, 0.717) is 0 Å². The number of carbonyl (C=O) groups excluding carboxylic acids is 1. The summed E-state index contributed by atoms with van der Waals surface area (Å²) < 4.78 is 0. The van der Waals surface area contributed by atoms with Crippen LogP contribution in [-0.4, -0.2) is 24.4 Å². The number of nitrogens with zero attached hydrogens (tertiary/aromatic N) is 2. The summed E-state index contributed by atoms with van der Waals surface area (Å²) in [6.07, 6.45) is 3.45. The lowest BCUT2D eigenvalue weighted by Gasteiger charge is -2.37. The Balaban J connectivity index is 2.52. The van der Waals surface area contributed by atoms with E-state index in [1.165, 1.54) is 0 Å². The first-order valence-electron chi connectivity index (χ1n) is 5.98. The minimum absolute atomic E-state index is 0.0190. The Labute approximate surface area is 98.4 Å². The lowest BCUT2D eigenvalue weighted by Crippen LogP contribution is -2.46. The van der Waals surface area contributed by atoms with E-state index < -0.39 is 5.41 Å². The molecule has 1 saturated carbocycles. The molecule has 1 aliphatic rings. The zero-order chi connectivity index (χ0) is 12.4. The molecule has 1 fully saturated rings. The van der Waals surface area contributed by atoms with Crippen LogP contribution < -0.4 is 0 Å². The van der Waals surface area contributed by atoms with E-state index in [0.717, 1.165) is 32.2 Å². The fraction of sp³-hybridized carbons (Fsp3) is 0.846. The fourth-order valence-electron chi connectivity index (χ4n) is 1.87. The van der Waals surface area contributed by atoms with E-state index in [1.54, 1.807) is 4.90 Å². The van der Waals surface area contributed by atoms with Gasteiger partial charge < -0.3 is 4.90 Å². The van der Waals surface area contributed by atoms with E-state index in [1.807, 2.05) is 7.05 Å². The minimum atomic E-state index is -0.688. The SMILES string of the molecule is CN(CCC(C)(C)C)C(=O)C1(C#N)CCC1. The average molecular weight is 222 g/mol. The van der Waals surface area contributed by atoms with E-state index in [2.05, 4.69) is 26.8 Å². The third-order valence-corrected chi connectivity index (χ3v) is 3.37. The number of nitriles is 1. The van der Waals surface area contributed by atoms with Crippen molar-refractivity contribution in [2.45, 2.75) is 46.5 Å². The van der Waals surface area contributed by atoms with Gasteiger partial charge >= 0.3 is 0 Å². The van der Waals surface area contributed by atoms with Gasteiger partial charge in [0.1, 0.15) is 5.41 Å². The van der Waals surface area contributed by atoms with E-state index >= 15 is 0 Å². The van der Waals surface area contributed by atoms with Crippen LogP contribution in [0.5, 0.6) is 0 Å². The molecule has 0 unspecified atom stereocenters. The molecule has 0 aliphatic heterocycles. The molecule has 0 aromatic rings. The Morgan fingerprint density at radius 3 is 2.31 bits per heavy atom. The van der Waals surface area contributed by atoms with Crippen molar-refractivity contribution in [2.24, 2.45) is 10.8 Å². The molecule has 0 radical (unpaired) electrons. The number of hydrogen-bond acceptors (Lipinski definition) is 2. The molecule has 0 spiro atoms. The van der Waals surface area contributed by atoms with Crippen molar-refractivity contribution >= 4 is 5.91 Å². The van der Waals surface area contributed by atoms with Crippen LogP contribution in [0.3, 0.4) is 0 Å². The Kier molecular flexibility index (Phi) is 3.62. The van der Waals surface area contributed by atoms with Gasteiger partial charge in [-0.05, 0) is 31.1 Å². The highest BCUT2D eigenvalue weighted by Crippen LogP contribution is 2.41. The summed E-state index contributed by atoms with van der Waals surface area (Å²) in [5, 5.41) is 9.09. The topological polar surface area (TPSA) is 44.1 Å². The quantitative estimate of drug-likeness (QED) is 0.736. The summed E-state index contributed by atoms with van der Waals surface area (Å²) in [4.78, 5) is 13.8. The molecule has 0 heterocycles. The van der Waals surface area contributed by atoms with Gasteiger partial charge in [0.15, 0.2) is 0 Å². The summed E-state index contributed by atoms with van der Waals surface area (Å²) in [5.74, 6) is 0.0190. The third-order valence-electron chi connectivity index (χ3n) is 3.37. The molecule has 3 nitrogen and oxygen atoms in total. The maximum absolute atomic E-state index is 12.1. The number of hydrogen-bond donors (Lipinski definition) is 0.